The fourth-order valence-electron chi connectivity index (χ4n) is 4.48. The molecule has 0 saturated carbocycles. The number of benzene rings is 2. The number of carbonyl (C=O) groups excluding carboxylic acids is 2. The Morgan fingerprint density at radius 3 is 2.55 bits per heavy atom. The molecule has 0 spiro atoms. The molecule has 6 nitrogen and oxygen atoms in total. The van der Waals surface area contributed by atoms with Crippen LogP contribution in [-0.4, -0.2) is 34.6 Å². The maximum Gasteiger partial charge on any atom is 0.321 e. The molecule has 0 saturated heterocycles. The second kappa shape index (κ2) is 8.92. The summed E-state index contributed by atoms with van der Waals surface area (Å²) in [5, 5.41) is 0. The summed E-state index contributed by atoms with van der Waals surface area (Å²) in [5.41, 5.74) is 3.69. The number of ether oxygens (including phenoxy) is 1. The minimum absolute atomic E-state index is 0.231. The first kappa shape index (κ1) is 21.1. The predicted molar refractivity (Wildman–Crippen MR) is 121 cm³/mol. The van der Waals surface area contributed by atoms with Gasteiger partial charge in [-0.05, 0) is 43.5 Å². The monoisotopic (exact) mass is 419 g/mol. The normalized spacial score (nSPS) is 18.3. The second-order valence-electron chi connectivity index (χ2n) is 8.00. The molecule has 162 valence electrons. The third kappa shape index (κ3) is 3.71. The van der Waals surface area contributed by atoms with Crippen molar-refractivity contribution >= 4 is 28.9 Å². The SMILES string of the molecule is CCCCCN1C(=O)C(C(=O)OCC)C(c2ccccc2C)n2c1nc1ccccc12. The average molecular weight is 420 g/mol. The highest BCUT2D eigenvalue weighted by molar-refractivity contribution is 6.08. The van der Waals surface area contributed by atoms with Crippen LogP contribution < -0.4 is 4.90 Å². The highest BCUT2D eigenvalue weighted by Crippen LogP contribution is 2.42. The van der Waals surface area contributed by atoms with Crippen LogP contribution in [0.5, 0.6) is 0 Å². The number of para-hydroxylation sites is 2. The van der Waals surface area contributed by atoms with Crippen LogP contribution >= 0.6 is 0 Å². The predicted octanol–water partition coefficient (Wildman–Crippen LogP) is 4.65. The summed E-state index contributed by atoms with van der Waals surface area (Å²) >= 11 is 0. The van der Waals surface area contributed by atoms with Gasteiger partial charge in [-0.2, -0.15) is 0 Å². The number of esters is 1. The van der Waals surface area contributed by atoms with Crippen molar-refractivity contribution < 1.29 is 14.3 Å². The first-order valence-corrected chi connectivity index (χ1v) is 11.1. The molecule has 1 aliphatic rings. The topological polar surface area (TPSA) is 64.4 Å². The molecular formula is C25H29N3O3. The van der Waals surface area contributed by atoms with Crippen LogP contribution in [-0.2, 0) is 14.3 Å². The van der Waals surface area contributed by atoms with Crippen molar-refractivity contribution in [3.63, 3.8) is 0 Å². The van der Waals surface area contributed by atoms with Gasteiger partial charge in [-0.1, -0.05) is 56.2 Å². The van der Waals surface area contributed by atoms with Crippen LogP contribution in [0.1, 0.15) is 50.3 Å². The molecule has 2 atom stereocenters. The average Bonchev–Trinajstić information content (AvgIpc) is 3.14. The molecule has 2 heterocycles. The number of fused-ring (bicyclic) bond motifs is 3. The number of aromatic nitrogens is 2. The Bertz CT molecular complexity index is 1100. The zero-order chi connectivity index (χ0) is 22.0. The highest BCUT2D eigenvalue weighted by atomic mass is 16.5. The number of rotatable bonds is 7. The van der Waals surface area contributed by atoms with Crippen LogP contribution in [0.3, 0.4) is 0 Å². The first-order chi connectivity index (χ1) is 15.1. The first-order valence-electron chi connectivity index (χ1n) is 11.1. The fraction of sp³-hybridized carbons (Fsp3) is 0.400. The van der Waals surface area contributed by atoms with E-state index in [9.17, 15) is 9.59 Å². The Morgan fingerprint density at radius 2 is 1.81 bits per heavy atom. The van der Waals surface area contributed by atoms with E-state index in [2.05, 4.69) is 11.5 Å². The number of aryl methyl sites for hydroxylation is 1. The largest absolute Gasteiger partial charge is 0.465 e. The van der Waals surface area contributed by atoms with Gasteiger partial charge in [0, 0.05) is 6.54 Å². The minimum atomic E-state index is -0.951. The summed E-state index contributed by atoms with van der Waals surface area (Å²) in [4.78, 5) is 33.4. The molecule has 0 aliphatic carbocycles. The van der Waals surface area contributed by atoms with Gasteiger partial charge in [-0.25, -0.2) is 4.98 Å². The summed E-state index contributed by atoms with van der Waals surface area (Å²) in [6.45, 7) is 6.67. The number of imidazole rings is 1. The maximum absolute atomic E-state index is 13.7. The van der Waals surface area contributed by atoms with Crippen molar-refractivity contribution in [1.82, 2.24) is 9.55 Å². The lowest BCUT2D eigenvalue weighted by atomic mass is 9.87. The highest BCUT2D eigenvalue weighted by Gasteiger charge is 2.48. The molecule has 1 aliphatic heterocycles. The molecule has 0 bridgehead atoms. The van der Waals surface area contributed by atoms with E-state index in [4.69, 9.17) is 9.72 Å². The lowest BCUT2D eigenvalue weighted by Crippen LogP contribution is -2.50. The molecule has 1 amide bonds. The molecular weight excluding hydrogens is 390 g/mol. The zero-order valence-corrected chi connectivity index (χ0v) is 18.4. The third-order valence-electron chi connectivity index (χ3n) is 5.98. The number of anilines is 1. The summed E-state index contributed by atoms with van der Waals surface area (Å²) in [6.07, 6.45) is 2.91. The molecule has 0 fully saturated rings. The molecule has 2 aromatic carbocycles. The van der Waals surface area contributed by atoms with Gasteiger partial charge in [0.1, 0.15) is 0 Å². The van der Waals surface area contributed by atoms with Crippen LogP contribution in [0.15, 0.2) is 48.5 Å². The van der Waals surface area contributed by atoms with Crippen molar-refractivity contribution in [3.05, 3.63) is 59.7 Å². The molecule has 4 rings (SSSR count). The van der Waals surface area contributed by atoms with Gasteiger partial charge in [0.2, 0.25) is 11.9 Å². The molecule has 0 radical (unpaired) electrons. The summed E-state index contributed by atoms with van der Waals surface area (Å²) in [5.74, 6) is -1.06. The minimum Gasteiger partial charge on any atom is -0.465 e. The number of amides is 1. The van der Waals surface area contributed by atoms with E-state index in [1.165, 1.54) is 0 Å². The van der Waals surface area contributed by atoms with Gasteiger partial charge < -0.3 is 9.30 Å². The number of unbranched alkanes of at least 4 members (excludes halogenated alkanes) is 2. The molecule has 1 aromatic heterocycles. The van der Waals surface area contributed by atoms with E-state index in [1.54, 1.807) is 11.8 Å². The van der Waals surface area contributed by atoms with Crippen LogP contribution in [0.4, 0.5) is 5.95 Å². The van der Waals surface area contributed by atoms with E-state index in [0.717, 1.165) is 41.4 Å². The van der Waals surface area contributed by atoms with Crippen molar-refractivity contribution in [3.8, 4) is 0 Å². The molecule has 0 N–H and O–H groups in total. The van der Waals surface area contributed by atoms with Gasteiger partial charge in [0.25, 0.3) is 0 Å². The van der Waals surface area contributed by atoms with E-state index in [0.29, 0.717) is 12.5 Å². The van der Waals surface area contributed by atoms with Gasteiger partial charge in [-0.15, -0.1) is 0 Å². The van der Waals surface area contributed by atoms with E-state index in [-0.39, 0.29) is 12.5 Å². The van der Waals surface area contributed by atoms with E-state index in [1.807, 2.05) is 55.5 Å². The lowest BCUT2D eigenvalue weighted by molar-refractivity contribution is -0.153. The Hall–Kier alpha value is -3.15. The van der Waals surface area contributed by atoms with E-state index >= 15 is 0 Å². The maximum atomic E-state index is 13.7. The second-order valence-corrected chi connectivity index (χ2v) is 8.00. The van der Waals surface area contributed by atoms with Crippen molar-refractivity contribution in [1.29, 1.82) is 0 Å². The molecule has 3 aromatic rings. The number of carbonyl (C=O) groups is 2. The summed E-state index contributed by atoms with van der Waals surface area (Å²) in [6, 6.07) is 15.3. The Labute approximate surface area is 182 Å². The summed E-state index contributed by atoms with van der Waals surface area (Å²) in [7, 11) is 0. The van der Waals surface area contributed by atoms with Gasteiger partial charge in [-0.3, -0.25) is 14.5 Å². The van der Waals surface area contributed by atoms with Gasteiger partial charge in [0.05, 0.1) is 23.7 Å². The molecule has 6 heteroatoms. The molecule has 2 unspecified atom stereocenters. The summed E-state index contributed by atoms with van der Waals surface area (Å²) < 4.78 is 7.46. The molecule has 31 heavy (non-hydrogen) atoms. The Morgan fingerprint density at radius 1 is 1.06 bits per heavy atom. The standard InChI is InChI=1S/C25H29N3O3/c1-4-6-11-16-27-23(29)21(24(30)31-5-2)22(18-13-8-7-12-17(18)3)28-20-15-10-9-14-19(20)26-25(27)28/h7-10,12-15,21-22H,4-6,11,16H2,1-3H3. The third-order valence-corrected chi connectivity index (χ3v) is 5.98. The van der Waals surface area contributed by atoms with E-state index < -0.39 is 17.9 Å². The van der Waals surface area contributed by atoms with Gasteiger partial charge >= 0.3 is 5.97 Å². The number of hydrogen-bond donors (Lipinski definition) is 0. The Kier molecular flexibility index (Phi) is 6.07. The van der Waals surface area contributed by atoms with Crippen molar-refractivity contribution in [2.45, 2.75) is 46.1 Å². The van der Waals surface area contributed by atoms with Crippen LogP contribution in [0, 0.1) is 12.8 Å². The number of nitrogens with zero attached hydrogens (tertiary/aromatic N) is 3. The smallest absolute Gasteiger partial charge is 0.321 e. The van der Waals surface area contributed by atoms with Crippen LogP contribution in [0.25, 0.3) is 11.0 Å². The number of hydrogen-bond acceptors (Lipinski definition) is 4. The van der Waals surface area contributed by atoms with Gasteiger partial charge in [0.15, 0.2) is 5.92 Å². The zero-order valence-electron chi connectivity index (χ0n) is 18.4. The quantitative estimate of drug-likeness (QED) is 0.318. The van der Waals surface area contributed by atoms with Crippen molar-refractivity contribution in [2.24, 2.45) is 5.92 Å². The fourth-order valence-corrected chi connectivity index (χ4v) is 4.48. The lowest BCUT2D eigenvalue weighted by Gasteiger charge is -2.38. The Balaban J connectivity index is 1.96. The van der Waals surface area contributed by atoms with Crippen LogP contribution in [0.2, 0.25) is 0 Å². The van der Waals surface area contributed by atoms with Crippen molar-refractivity contribution in [2.75, 3.05) is 18.1 Å².